The van der Waals surface area contributed by atoms with Crippen molar-refractivity contribution in [2.75, 3.05) is 0 Å². The molecule has 0 saturated heterocycles. The first-order chi connectivity index (χ1) is 12.9. The van der Waals surface area contributed by atoms with E-state index in [1.807, 2.05) is 42.5 Å². The second-order valence-corrected chi connectivity index (χ2v) is 5.43. The number of nitrogens with zero attached hydrogens (tertiary/aromatic N) is 4. The molecule has 0 spiro atoms. The summed E-state index contributed by atoms with van der Waals surface area (Å²) in [5, 5.41) is 1.81. The highest BCUT2D eigenvalue weighted by molar-refractivity contribution is 5.94. The molecule has 0 atom stereocenters. The fourth-order valence-corrected chi connectivity index (χ4v) is 2.51. The number of hydrogen-bond acceptors (Lipinski definition) is 5. The third-order valence-corrected chi connectivity index (χ3v) is 3.73. The van der Waals surface area contributed by atoms with E-state index in [1.54, 1.807) is 30.9 Å². The molecule has 1 N–H and O–H groups in total. The number of rotatable bonds is 0. The third kappa shape index (κ3) is 3.49. The smallest absolute Gasteiger partial charge is 0.141 e. The van der Waals surface area contributed by atoms with Gasteiger partial charge in [0.15, 0.2) is 0 Å². The van der Waals surface area contributed by atoms with E-state index in [1.165, 1.54) is 12.6 Å². The van der Waals surface area contributed by atoms with Crippen molar-refractivity contribution in [2.24, 2.45) is 0 Å². The van der Waals surface area contributed by atoms with E-state index in [4.69, 9.17) is 4.42 Å². The molecule has 0 radical (unpaired) electrons. The maximum Gasteiger partial charge on any atom is 0.141 e. The summed E-state index contributed by atoms with van der Waals surface area (Å²) in [6.07, 6.45) is 9.72. The van der Waals surface area contributed by atoms with Gasteiger partial charge in [-0.3, -0.25) is 9.97 Å². The zero-order valence-electron chi connectivity index (χ0n) is 13.8. The topological polar surface area (TPSA) is 80.5 Å². The lowest BCUT2D eigenvalue weighted by Gasteiger charge is -1.99. The van der Waals surface area contributed by atoms with Crippen molar-refractivity contribution < 1.29 is 4.42 Å². The van der Waals surface area contributed by atoms with Crippen LogP contribution in [-0.2, 0) is 0 Å². The van der Waals surface area contributed by atoms with Crippen LogP contribution >= 0.6 is 0 Å². The summed E-state index contributed by atoms with van der Waals surface area (Å²) in [6.45, 7) is 0. The van der Waals surface area contributed by atoms with Crippen LogP contribution in [0, 0.1) is 0 Å². The highest BCUT2D eigenvalue weighted by Gasteiger charge is 1.99. The van der Waals surface area contributed by atoms with Gasteiger partial charge in [-0.2, -0.15) is 0 Å². The van der Waals surface area contributed by atoms with Gasteiger partial charge in [-0.1, -0.05) is 18.2 Å². The van der Waals surface area contributed by atoms with Crippen molar-refractivity contribution in [1.82, 2.24) is 24.9 Å². The summed E-state index contributed by atoms with van der Waals surface area (Å²) >= 11 is 0. The Hall–Kier alpha value is -3.80. The summed E-state index contributed by atoms with van der Waals surface area (Å²) in [5.74, 6) is 0. The molecule has 2 aromatic carbocycles. The molecule has 4 aromatic rings. The molecular formula is C20H15N5O. The number of aromatic nitrogens is 5. The molecular weight excluding hydrogens is 326 g/mol. The number of hydrogen-bond donors (Lipinski definition) is 1. The average Bonchev–Trinajstić information content (AvgIpc) is 2.67. The largest absolute Gasteiger partial charge is 0.463 e. The Labute approximate surface area is 148 Å². The normalized spacial score (nSPS) is 10.3. The van der Waals surface area contributed by atoms with E-state index >= 15 is 0 Å². The molecule has 2 bridgehead atoms. The van der Waals surface area contributed by atoms with Crippen molar-refractivity contribution in [1.29, 1.82) is 0 Å². The average molecular weight is 341 g/mol. The zero-order valence-corrected chi connectivity index (χ0v) is 13.8. The highest BCUT2D eigenvalue weighted by atomic mass is 16.3. The molecule has 4 rings (SSSR count). The zero-order chi connectivity index (χ0) is 17.6. The molecule has 2 heterocycles. The number of benzene rings is 2. The first-order valence-electron chi connectivity index (χ1n) is 8.04. The van der Waals surface area contributed by atoms with Gasteiger partial charge < -0.3 is 9.40 Å². The lowest BCUT2D eigenvalue weighted by atomic mass is 10.2. The molecule has 0 aliphatic carbocycles. The number of fused-ring (bicyclic) bond motifs is 2. The molecule has 0 amide bonds. The van der Waals surface area contributed by atoms with Gasteiger partial charge >= 0.3 is 0 Å². The van der Waals surface area contributed by atoms with Crippen molar-refractivity contribution >= 4 is 33.0 Å². The molecule has 6 heteroatoms. The number of para-hydroxylation sites is 1. The second kappa shape index (κ2) is 7.40. The number of nitrogens with one attached hydrogen (secondary N) is 1. The van der Waals surface area contributed by atoms with Crippen LogP contribution in [0.15, 0.2) is 90.3 Å². The Bertz CT molecular complexity index is 1210. The predicted octanol–water partition coefficient (Wildman–Crippen LogP) is 4.46. The van der Waals surface area contributed by atoms with Crippen LogP contribution in [-0.4, -0.2) is 24.9 Å². The summed E-state index contributed by atoms with van der Waals surface area (Å²) in [4.78, 5) is 20.5. The first kappa shape index (κ1) is 15.7. The van der Waals surface area contributed by atoms with Gasteiger partial charge in [0.1, 0.15) is 23.8 Å². The van der Waals surface area contributed by atoms with Crippen LogP contribution in [0.5, 0.6) is 0 Å². The quantitative estimate of drug-likeness (QED) is 0.511. The van der Waals surface area contributed by atoms with Crippen LogP contribution in [0.1, 0.15) is 0 Å². The van der Waals surface area contributed by atoms with Gasteiger partial charge in [0.05, 0.1) is 11.7 Å². The number of aromatic amines is 1. The van der Waals surface area contributed by atoms with Crippen molar-refractivity contribution in [3.63, 3.8) is 0 Å². The van der Waals surface area contributed by atoms with Crippen LogP contribution < -0.4 is 0 Å². The second-order valence-electron chi connectivity index (χ2n) is 5.43. The van der Waals surface area contributed by atoms with Gasteiger partial charge in [0.25, 0.3) is 0 Å². The predicted molar refractivity (Wildman–Crippen MR) is 101 cm³/mol. The van der Waals surface area contributed by atoms with Crippen molar-refractivity contribution in [3.05, 3.63) is 85.9 Å². The molecule has 0 unspecified atom stereocenters. The molecule has 26 heavy (non-hydrogen) atoms. The molecule has 0 aliphatic rings. The van der Waals surface area contributed by atoms with E-state index in [0.717, 1.165) is 21.8 Å². The van der Waals surface area contributed by atoms with E-state index < -0.39 is 0 Å². The highest BCUT2D eigenvalue weighted by Crippen LogP contribution is 2.17. The lowest BCUT2D eigenvalue weighted by Crippen LogP contribution is -1.86. The maximum absolute atomic E-state index is 5.61. The van der Waals surface area contributed by atoms with Gasteiger partial charge in [-0.25, -0.2) is 9.97 Å². The van der Waals surface area contributed by atoms with E-state index in [9.17, 15) is 0 Å². The lowest BCUT2D eigenvalue weighted by molar-refractivity contribution is 0.601. The van der Waals surface area contributed by atoms with Crippen molar-refractivity contribution in [3.8, 4) is 0 Å². The molecule has 6 nitrogen and oxygen atoms in total. The molecule has 2 aromatic heterocycles. The summed E-state index contributed by atoms with van der Waals surface area (Å²) in [7, 11) is 0. The van der Waals surface area contributed by atoms with Crippen molar-refractivity contribution in [2.45, 2.75) is 0 Å². The molecule has 0 saturated carbocycles. The minimum Gasteiger partial charge on any atom is -0.463 e. The first-order valence-corrected chi connectivity index (χ1v) is 8.04. The number of H-pyrrole nitrogens is 1. The SMILES string of the molecule is c1cnccoc2ccc3ncnc([nH]c4ccccc4cnc1)c3c2. The Morgan fingerprint density at radius 3 is 2.77 bits per heavy atom. The van der Waals surface area contributed by atoms with E-state index in [2.05, 4.69) is 24.9 Å². The van der Waals surface area contributed by atoms with Gasteiger partial charge in [0.2, 0.25) is 0 Å². The Morgan fingerprint density at radius 1 is 0.846 bits per heavy atom. The third-order valence-electron chi connectivity index (χ3n) is 3.73. The monoisotopic (exact) mass is 341 g/mol. The Kier molecular flexibility index (Phi) is 4.47. The molecule has 0 fully saturated rings. The minimum atomic E-state index is 0.680. The van der Waals surface area contributed by atoms with Crippen LogP contribution in [0.25, 0.3) is 33.0 Å². The van der Waals surface area contributed by atoms with Crippen LogP contribution in [0.2, 0.25) is 0 Å². The van der Waals surface area contributed by atoms with Gasteiger partial charge in [-0.05, 0) is 30.3 Å². The van der Waals surface area contributed by atoms with Crippen LogP contribution in [0.4, 0.5) is 0 Å². The summed E-state index contributed by atoms with van der Waals surface area (Å²) < 4.78 is 5.61. The van der Waals surface area contributed by atoms with Gasteiger partial charge in [-0.15, -0.1) is 0 Å². The van der Waals surface area contributed by atoms with Crippen LogP contribution in [0.3, 0.4) is 0 Å². The van der Waals surface area contributed by atoms with Gasteiger partial charge in [0, 0.05) is 34.9 Å². The molecule has 0 aliphatic heterocycles. The molecule has 126 valence electrons. The summed E-state index contributed by atoms with van der Waals surface area (Å²) in [6, 6.07) is 15.3. The summed E-state index contributed by atoms with van der Waals surface area (Å²) in [5.41, 5.74) is 3.11. The van der Waals surface area contributed by atoms with E-state index in [0.29, 0.717) is 11.2 Å². The Balaban J connectivity index is 2.14. The fraction of sp³-hybridized carbons (Fsp3) is 0. The van der Waals surface area contributed by atoms with E-state index in [-0.39, 0.29) is 0 Å². The standard InChI is InChI=1S/C20H15N5O/c1-2-5-18-15(4-1)13-22-9-3-8-21-10-11-26-16-6-7-19-17(12-16)20(25-18)24-14-23-19/h1-14H,(H,23,24,25). The maximum atomic E-state index is 5.61. The minimum absolute atomic E-state index is 0.680. The fourth-order valence-electron chi connectivity index (χ4n) is 2.51. The Morgan fingerprint density at radius 2 is 1.77 bits per heavy atom.